The molecule has 18 bridgehead atoms. The number of aliphatic imine (C=N–C) groups is 6. The van der Waals surface area contributed by atoms with Crippen molar-refractivity contribution in [1.82, 2.24) is 16.7 Å². The van der Waals surface area contributed by atoms with E-state index in [-0.39, 0.29) is 24.3 Å². The average Bonchev–Trinajstić information content (AvgIpc) is 1.56. The van der Waals surface area contributed by atoms with Gasteiger partial charge in [0.2, 0.25) is 0 Å². The van der Waals surface area contributed by atoms with Gasteiger partial charge in [0.15, 0.2) is 0 Å². The van der Waals surface area contributed by atoms with Gasteiger partial charge in [0.1, 0.15) is 0 Å². The fourth-order valence-corrected chi connectivity index (χ4v) is 41.3. The summed E-state index contributed by atoms with van der Waals surface area (Å²) in [4.78, 5) is 54.5. The second-order valence-corrected chi connectivity index (χ2v) is 51.8. The molecule has 0 aliphatic carbocycles. The van der Waals surface area contributed by atoms with Crippen molar-refractivity contribution in [3.8, 4) is 0 Å². The van der Waals surface area contributed by atoms with Gasteiger partial charge < -0.3 is 5.48 Å². The third-order valence-corrected chi connectivity index (χ3v) is 46.4. The zero-order valence-corrected chi connectivity index (χ0v) is 88.6. The van der Waals surface area contributed by atoms with Crippen molar-refractivity contribution < 1.29 is 37.0 Å². The Morgan fingerprint density at radius 2 is 0.623 bits per heavy atom. The molecule has 130 heavy (non-hydrogen) atoms. The topological polar surface area (TPSA) is 179 Å². The summed E-state index contributed by atoms with van der Waals surface area (Å²) in [7, 11) is 1.36. The number of carbonyl (C=O) groups excluding carboxylic acids is 2. The van der Waals surface area contributed by atoms with Crippen LogP contribution in [-0.2, 0) is 65.7 Å². The van der Waals surface area contributed by atoms with Crippen LogP contribution in [0.25, 0.3) is 72.9 Å². The Hall–Kier alpha value is -9.12. The number of rotatable bonds is 22. The number of aromatic nitrogens is 6. The average molecular weight is 2090 g/mol. The number of aldehydes is 1. The molecule has 0 amide bonds. The van der Waals surface area contributed by atoms with Gasteiger partial charge in [0.05, 0.1) is 0 Å². The molecule has 25 heteroatoms. The zero-order chi connectivity index (χ0) is 92.5. The van der Waals surface area contributed by atoms with Crippen LogP contribution >= 0.6 is 0 Å². The maximum atomic E-state index is 18.1. The number of allylic oxidation sites excluding steroid dienone is 12. The number of ether oxygens (including phenoxy) is 1. The van der Waals surface area contributed by atoms with E-state index in [0.717, 1.165) is 221 Å². The number of halogens is 6. The summed E-state index contributed by atoms with van der Waals surface area (Å²) in [6.07, 6.45) is 37.2. The number of carbonyl (C=O) groups is 2. The van der Waals surface area contributed by atoms with Crippen molar-refractivity contribution in [3.05, 3.63) is 234 Å². The smallest absolute Gasteiger partial charge is 0.412 e. The quantitative estimate of drug-likeness (QED) is 0.0285. The van der Waals surface area contributed by atoms with E-state index in [1.807, 2.05) is 108 Å². The number of nitrogens with zero attached hydrogens (tertiary/aromatic N) is 12. The van der Waals surface area contributed by atoms with Crippen LogP contribution in [0.4, 0.5) is 17.2 Å². The Kier molecular flexibility index (Phi) is 27.2. The Balaban J connectivity index is 0.000000150. The molecule has 16 nitrogen and oxygen atoms in total. The molecule has 682 valence electrons. The van der Waals surface area contributed by atoms with Gasteiger partial charge in [-0.05, 0) is 0 Å². The minimum atomic E-state index is -6.67. The van der Waals surface area contributed by atoms with Gasteiger partial charge in [-0.2, -0.15) is 0 Å². The predicted molar refractivity (Wildman–Crippen MR) is 530 cm³/mol. The number of hydrogen-bond donors (Lipinski definition) is 0. The van der Waals surface area contributed by atoms with Crippen molar-refractivity contribution in [2.24, 2.45) is 30.0 Å². The molecule has 0 spiro atoms. The van der Waals surface area contributed by atoms with Crippen LogP contribution in [0.15, 0.2) is 131 Å². The van der Waals surface area contributed by atoms with Crippen molar-refractivity contribution in [3.63, 3.8) is 0 Å². The first-order valence-electron chi connectivity index (χ1n) is 47.1. The summed E-state index contributed by atoms with van der Waals surface area (Å²) < 4.78 is 122. The van der Waals surface area contributed by atoms with Gasteiger partial charge in [-0.15, -0.1) is 0 Å². The minimum Gasteiger partial charge on any atom is -0.412 e. The van der Waals surface area contributed by atoms with Gasteiger partial charge in [0, 0.05) is 0 Å². The van der Waals surface area contributed by atoms with Gasteiger partial charge in [-0.3, -0.25) is 0 Å². The van der Waals surface area contributed by atoms with Gasteiger partial charge >= 0.3 is 780 Å². The summed E-state index contributed by atoms with van der Waals surface area (Å²) in [6.45, 7) is 45.6. The number of esters is 1. The third-order valence-electron chi connectivity index (χ3n) is 28.9. The SMILES string of the molecule is CCC1=C(C)C2=NC1=Cc1c(C)c(CC)c3[n]1[Sn]([F])([F])[n]1c(c(C)c(CC)c1=C2)=CC1=NC(=C3)C(C)=C1CC.CCC1=C(CC)C2=NC1=Cc1c(CC)c(CC)c3[n]1[Sn]([F])([F])[n]1c(c(CC)c(CC)c1=CC1=NC(=C3)C(CC)=C1CC)=C2.CCCC1=C(C)C2=Cc3c(CCC=O)c(C)c4[n]3[Sn]([F])([F])[n]3c(c(C)c(CCC)c3=CC1=N2)=CC1=NC(=C4)C(CCC(=O)OC)=C1C.O. The van der Waals surface area contributed by atoms with Crippen LogP contribution in [0, 0.1) is 27.7 Å². The van der Waals surface area contributed by atoms with Gasteiger partial charge in [0.25, 0.3) is 0 Å². The maximum absolute atomic E-state index is 18.1. The molecule has 2 N–H and O–H groups in total. The molecule has 12 aliphatic rings. The molecular weight excluding hydrogens is 1960 g/mol. The van der Waals surface area contributed by atoms with E-state index in [0.29, 0.717) is 147 Å². The summed E-state index contributed by atoms with van der Waals surface area (Å²) >= 11 is -19.5. The molecule has 0 fully saturated rings. The second-order valence-electron chi connectivity index (χ2n) is 35.4. The predicted octanol–water partition coefficient (Wildman–Crippen LogP) is 19.7. The van der Waals surface area contributed by atoms with Crippen LogP contribution in [-0.4, -0.2) is 136 Å². The molecule has 6 aromatic rings. The molecule has 0 atom stereocenters. The Labute approximate surface area is 778 Å². The van der Waals surface area contributed by atoms with E-state index in [2.05, 4.69) is 111 Å². The molecule has 0 radical (unpaired) electrons. The zero-order valence-electron chi connectivity index (χ0n) is 80.0. The first kappa shape index (κ1) is 95.5. The normalized spacial score (nSPS) is 18.0. The Morgan fingerprint density at radius 1 is 0.300 bits per heavy atom. The van der Waals surface area contributed by atoms with E-state index in [1.165, 1.54) is 46.1 Å². The molecule has 12 aliphatic heterocycles. The van der Waals surface area contributed by atoms with Crippen LogP contribution in [0.5, 0.6) is 0 Å². The van der Waals surface area contributed by atoms with Crippen LogP contribution in [0.1, 0.15) is 303 Å². The molecular formula is C105H124F6N12O4Sn3. The Bertz CT molecular complexity index is 6910. The van der Waals surface area contributed by atoms with E-state index in [9.17, 15) is 9.59 Å². The first-order chi connectivity index (χ1) is 61.8. The molecule has 0 unspecified atom stereocenters. The molecule has 18 heterocycles. The van der Waals surface area contributed by atoms with Crippen molar-refractivity contribution >= 4 is 180 Å². The summed E-state index contributed by atoms with van der Waals surface area (Å²) in [5.41, 5.74) is 36.6. The molecule has 0 saturated carbocycles. The fraction of sp³-hybridized carbons (Fsp3) is 0.410. The van der Waals surface area contributed by atoms with Crippen molar-refractivity contribution in [2.45, 2.75) is 281 Å². The third kappa shape index (κ3) is 15.0. The van der Waals surface area contributed by atoms with E-state index in [4.69, 9.17) is 34.7 Å². The standard InChI is InChI=1S/C37H42N4O3.C36H44N4.C32H36N4.6FH.H2O.3Sn/c1-8-11-25-21(3)29-17-30-24(6)28(14-15-37(43)44-7)34(38-30)19-32-23(5)27(13-10-16-42)33(40-32)18-31-22(4)26(12-9-2)36(41-31)20-35(25)39-29;1-9-21-22(10-2)30-18-32-25(13-5)26(14-6)34(39-32)20-36-28(16-8)27(15-7)35(40-36)19-33-24(12-4)23(11-3)31(38-33)17-29(21)37-30;1-9-21-17(5)25-14-30-23(11-3)19(7)27(35-30)16-32-24(12-4)20(8)28(36-32)15-31-22(10-2)18(6)26(34-31)13-29(21)33-25;;;;;;;;;;/h16-20H,8-15H2,1-7H3;17-20H,9-16H2,1-8H3;13-16H,9-12H2,1-8H3;6*1H;1H2;;;/q3*-2;;;;;;;;3*+4/p-6. The van der Waals surface area contributed by atoms with E-state index in [1.54, 1.807) is 6.08 Å². The van der Waals surface area contributed by atoms with Gasteiger partial charge in [-0.1, -0.05) is 0 Å². The number of fused-ring (bicyclic) bond motifs is 6. The fourth-order valence-electron chi connectivity index (χ4n) is 22.4. The monoisotopic (exact) mass is 2090 g/mol. The van der Waals surface area contributed by atoms with Crippen LogP contribution in [0.2, 0.25) is 0 Å². The molecule has 6 aromatic heterocycles. The molecule has 0 saturated heterocycles. The first-order valence-corrected chi connectivity index (χ1v) is 61.3. The van der Waals surface area contributed by atoms with E-state index < -0.39 is 60.2 Å². The Morgan fingerprint density at radius 3 is 1.07 bits per heavy atom. The summed E-state index contributed by atoms with van der Waals surface area (Å²) in [5.74, 6) is -0.339. The van der Waals surface area contributed by atoms with Crippen molar-refractivity contribution in [2.75, 3.05) is 7.11 Å². The summed E-state index contributed by atoms with van der Waals surface area (Å²) in [6, 6.07) is 0. The number of hydrogen-bond acceptors (Lipinski definition) is 9. The van der Waals surface area contributed by atoms with E-state index >= 15 is 17.2 Å². The largest absolute Gasteiger partial charge is 0.412 e. The minimum absolute atomic E-state index is 0. The second kappa shape index (κ2) is 37.0. The molecule has 0 aromatic carbocycles. The van der Waals surface area contributed by atoms with Crippen LogP contribution in [0.3, 0.4) is 0 Å². The van der Waals surface area contributed by atoms with Gasteiger partial charge in [-0.25, -0.2) is 0 Å². The van der Waals surface area contributed by atoms with Crippen LogP contribution < -0.4 is 32.1 Å². The van der Waals surface area contributed by atoms with Crippen molar-refractivity contribution in [1.29, 1.82) is 0 Å². The number of methoxy groups -OCH3 is 1. The maximum Gasteiger partial charge on any atom is -0.412 e. The molecule has 18 rings (SSSR count). The summed E-state index contributed by atoms with van der Waals surface area (Å²) in [5, 5.41) is 3.53.